The Labute approximate surface area is 131 Å². The zero-order valence-electron chi connectivity index (χ0n) is 12.4. The Kier molecular flexibility index (Phi) is 2.87. The maximum atomic E-state index is 12.6. The molecule has 0 spiro atoms. The number of imidazole rings is 1. The van der Waals surface area contributed by atoms with Crippen LogP contribution in [0, 0.1) is 6.92 Å². The van der Waals surface area contributed by atoms with E-state index in [1.54, 1.807) is 18.2 Å². The van der Waals surface area contributed by atoms with Crippen molar-refractivity contribution in [3.8, 4) is 0 Å². The highest BCUT2D eigenvalue weighted by Gasteiger charge is 2.11. The van der Waals surface area contributed by atoms with Crippen LogP contribution in [0.15, 0.2) is 53.3 Å². The Balaban J connectivity index is 1.84. The molecule has 0 unspecified atom stereocenters. The lowest BCUT2D eigenvalue weighted by Gasteiger charge is -2.04. The van der Waals surface area contributed by atoms with Gasteiger partial charge in [0.2, 0.25) is 0 Å². The molecule has 0 amide bonds. The molecular formula is C18H13N3O2. The summed E-state index contributed by atoms with van der Waals surface area (Å²) >= 11 is 0. The average Bonchev–Trinajstić information content (AvgIpc) is 2.91. The van der Waals surface area contributed by atoms with Gasteiger partial charge in [0.1, 0.15) is 0 Å². The van der Waals surface area contributed by atoms with Crippen LogP contribution in [0.25, 0.3) is 22.1 Å². The molecule has 0 radical (unpaired) electrons. The SMILES string of the molecule is Cc1ccc(C(=O)c2ccc3nc4[nH]c(=O)[nH]c4cc3c2)cc1. The molecular weight excluding hydrogens is 290 g/mol. The average molecular weight is 303 g/mol. The molecule has 0 aliphatic heterocycles. The van der Waals surface area contributed by atoms with Gasteiger partial charge in [-0.3, -0.25) is 9.78 Å². The van der Waals surface area contributed by atoms with Gasteiger partial charge in [-0.2, -0.15) is 0 Å². The zero-order chi connectivity index (χ0) is 16.0. The van der Waals surface area contributed by atoms with Crippen molar-refractivity contribution in [2.24, 2.45) is 0 Å². The Morgan fingerprint density at radius 1 is 0.957 bits per heavy atom. The van der Waals surface area contributed by atoms with Gasteiger partial charge >= 0.3 is 5.69 Å². The van der Waals surface area contributed by atoms with Crippen molar-refractivity contribution in [1.82, 2.24) is 15.0 Å². The van der Waals surface area contributed by atoms with Crippen molar-refractivity contribution in [1.29, 1.82) is 0 Å². The van der Waals surface area contributed by atoms with Crippen molar-refractivity contribution < 1.29 is 4.79 Å². The highest BCUT2D eigenvalue weighted by Crippen LogP contribution is 2.20. The summed E-state index contributed by atoms with van der Waals surface area (Å²) in [6.07, 6.45) is 0. The lowest BCUT2D eigenvalue weighted by atomic mass is 10.0. The number of carbonyl (C=O) groups excluding carboxylic acids is 1. The number of rotatable bonds is 2. The molecule has 4 rings (SSSR count). The van der Waals surface area contributed by atoms with Crippen LogP contribution in [-0.2, 0) is 0 Å². The second-order valence-electron chi connectivity index (χ2n) is 5.57. The van der Waals surface area contributed by atoms with Gasteiger partial charge in [-0.25, -0.2) is 9.78 Å². The van der Waals surface area contributed by atoms with Gasteiger partial charge in [0.25, 0.3) is 0 Å². The number of H-pyrrole nitrogens is 2. The molecule has 0 saturated heterocycles. The Morgan fingerprint density at radius 3 is 2.48 bits per heavy atom. The molecule has 23 heavy (non-hydrogen) atoms. The lowest BCUT2D eigenvalue weighted by molar-refractivity contribution is 0.103. The summed E-state index contributed by atoms with van der Waals surface area (Å²) in [7, 11) is 0. The molecule has 2 aromatic heterocycles. The van der Waals surface area contributed by atoms with E-state index < -0.39 is 0 Å². The fourth-order valence-electron chi connectivity index (χ4n) is 2.64. The predicted octanol–water partition coefficient (Wildman–Crippen LogP) is 2.94. The number of benzene rings is 2. The summed E-state index contributed by atoms with van der Waals surface area (Å²) in [5, 5.41) is 0.811. The number of pyridine rings is 1. The van der Waals surface area contributed by atoms with Gasteiger partial charge in [0.15, 0.2) is 11.4 Å². The molecule has 5 heteroatoms. The van der Waals surface area contributed by atoms with Gasteiger partial charge in [-0.05, 0) is 31.2 Å². The minimum atomic E-state index is -0.293. The number of aromatic amines is 2. The first-order valence-electron chi connectivity index (χ1n) is 7.24. The van der Waals surface area contributed by atoms with E-state index in [0.717, 1.165) is 16.5 Å². The van der Waals surface area contributed by atoms with Crippen molar-refractivity contribution in [2.45, 2.75) is 6.92 Å². The fraction of sp³-hybridized carbons (Fsp3) is 0.0556. The number of ketones is 1. The van der Waals surface area contributed by atoms with Crippen LogP contribution >= 0.6 is 0 Å². The summed E-state index contributed by atoms with van der Waals surface area (Å²) in [6.45, 7) is 1.98. The zero-order valence-corrected chi connectivity index (χ0v) is 12.4. The monoisotopic (exact) mass is 303 g/mol. The minimum Gasteiger partial charge on any atom is -0.304 e. The Bertz CT molecular complexity index is 1100. The number of aryl methyl sites for hydroxylation is 1. The van der Waals surface area contributed by atoms with Gasteiger partial charge in [0.05, 0.1) is 11.0 Å². The highest BCUT2D eigenvalue weighted by atomic mass is 16.1. The largest absolute Gasteiger partial charge is 0.325 e. The van der Waals surface area contributed by atoms with Crippen LogP contribution in [-0.4, -0.2) is 20.7 Å². The van der Waals surface area contributed by atoms with E-state index in [0.29, 0.717) is 22.3 Å². The Morgan fingerprint density at radius 2 is 1.70 bits per heavy atom. The number of hydrogen-bond donors (Lipinski definition) is 2. The van der Waals surface area contributed by atoms with Crippen LogP contribution in [0.1, 0.15) is 21.5 Å². The summed E-state index contributed by atoms with van der Waals surface area (Å²) in [6, 6.07) is 14.7. The third-order valence-corrected chi connectivity index (χ3v) is 3.87. The molecule has 2 N–H and O–H groups in total. The summed E-state index contributed by atoms with van der Waals surface area (Å²) in [5.74, 6) is -0.0328. The first-order chi connectivity index (χ1) is 11.1. The highest BCUT2D eigenvalue weighted by molar-refractivity contribution is 6.10. The predicted molar refractivity (Wildman–Crippen MR) is 88.8 cm³/mol. The van der Waals surface area contributed by atoms with E-state index in [9.17, 15) is 9.59 Å². The molecule has 2 aromatic carbocycles. The van der Waals surface area contributed by atoms with Gasteiger partial charge in [0, 0.05) is 16.5 Å². The fourth-order valence-corrected chi connectivity index (χ4v) is 2.64. The molecule has 112 valence electrons. The summed E-state index contributed by atoms with van der Waals surface area (Å²) in [4.78, 5) is 33.6. The number of hydrogen-bond acceptors (Lipinski definition) is 3. The second kappa shape index (κ2) is 4.91. The molecule has 0 atom stereocenters. The molecule has 0 saturated carbocycles. The van der Waals surface area contributed by atoms with E-state index >= 15 is 0 Å². The van der Waals surface area contributed by atoms with E-state index in [-0.39, 0.29) is 11.5 Å². The standard InChI is InChI=1S/C18H13N3O2/c1-10-2-4-11(5-3-10)16(22)12-6-7-14-13(8-12)9-15-17(19-14)21-18(23)20-15/h2-9H,1H3,(H2,19,20,21,23). The third kappa shape index (κ3) is 2.32. The van der Waals surface area contributed by atoms with Gasteiger partial charge in [-0.1, -0.05) is 29.8 Å². The molecule has 2 heterocycles. The number of carbonyl (C=O) groups is 1. The second-order valence-corrected chi connectivity index (χ2v) is 5.57. The quantitative estimate of drug-likeness (QED) is 0.559. The Hall–Kier alpha value is -3.21. The first kappa shape index (κ1) is 13.5. The lowest BCUT2D eigenvalue weighted by Crippen LogP contribution is -2.01. The molecule has 4 aromatic rings. The summed E-state index contributed by atoms with van der Waals surface area (Å²) in [5.41, 5.74) is 3.94. The molecule has 0 aliphatic carbocycles. The molecule has 5 nitrogen and oxygen atoms in total. The number of nitrogens with zero attached hydrogens (tertiary/aromatic N) is 1. The van der Waals surface area contributed by atoms with Crippen molar-refractivity contribution >= 4 is 27.9 Å². The summed E-state index contributed by atoms with van der Waals surface area (Å²) < 4.78 is 0. The normalized spacial score (nSPS) is 11.2. The van der Waals surface area contributed by atoms with Crippen LogP contribution in [0.2, 0.25) is 0 Å². The maximum Gasteiger partial charge on any atom is 0.325 e. The molecule has 0 aliphatic rings. The number of aromatic nitrogens is 3. The minimum absolute atomic E-state index is 0.0328. The number of fused-ring (bicyclic) bond motifs is 2. The molecule has 0 bridgehead atoms. The third-order valence-electron chi connectivity index (χ3n) is 3.87. The van der Waals surface area contributed by atoms with E-state index in [1.807, 2.05) is 37.3 Å². The molecule has 0 fully saturated rings. The number of nitrogens with one attached hydrogen (secondary N) is 2. The maximum absolute atomic E-state index is 12.6. The van der Waals surface area contributed by atoms with Crippen molar-refractivity contribution in [3.05, 3.63) is 75.7 Å². The first-order valence-corrected chi connectivity index (χ1v) is 7.24. The van der Waals surface area contributed by atoms with E-state index in [1.165, 1.54) is 0 Å². The van der Waals surface area contributed by atoms with Crippen molar-refractivity contribution in [3.63, 3.8) is 0 Å². The van der Waals surface area contributed by atoms with Crippen LogP contribution in [0.4, 0.5) is 0 Å². The van der Waals surface area contributed by atoms with E-state index in [4.69, 9.17) is 0 Å². The smallest absolute Gasteiger partial charge is 0.304 e. The topological polar surface area (TPSA) is 78.6 Å². The van der Waals surface area contributed by atoms with Crippen LogP contribution in [0.5, 0.6) is 0 Å². The van der Waals surface area contributed by atoms with E-state index in [2.05, 4.69) is 15.0 Å². The van der Waals surface area contributed by atoms with Crippen molar-refractivity contribution in [2.75, 3.05) is 0 Å². The van der Waals surface area contributed by atoms with Gasteiger partial charge in [-0.15, -0.1) is 0 Å². The van der Waals surface area contributed by atoms with Crippen LogP contribution < -0.4 is 5.69 Å². The van der Waals surface area contributed by atoms with Crippen LogP contribution in [0.3, 0.4) is 0 Å². The van der Waals surface area contributed by atoms with Gasteiger partial charge < -0.3 is 4.98 Å².